The largest absolute Gasteiger partial charge is 0.331 e. The summed E-state index contributed by atoms with van der Waals surface area (Å²) in [6.45, 7) is 9.02. The summed E-state index contributed by atoms with van der Waals surface area (Å²) < 4.78 is 24.1. The molecule has 0 N–H and O–H groups in total. The van der Waals surface area contributed by atoms with E-state index in [4.69, 9.17) is 0 Å². The van der Waals surface area contributed by atoms with E-state index in [1.54, 1.807) is 11.0 Å². The van der Waals surface area contributed by atoms with Crippen molar-refractivity contribution in [1.82, 2.24) is 4.90 Å². The summed E-state index contributed by atoms with van der Waals surface area (Å²) >= 11 is 0. The van der Waals surface area contributed by atoms with Gasteiger partial charge in [0.2, 0.25) is 5.91 Å². The Bertz CT molecular complexity index is 1030. The summed E-state index contributed by atoms with van der Waals surface area (Å²) in [5.74, 6) is 0.0373. The first-order valence-electron chi connectivity index (χ1n) is 10.9. The highest BCUT2D eigenvalue weighted by molar-refractivity contribution is 7.91. The van der Waals surface area contributed by atoms with Gasteiger partial charge < -0.3 is 4.90 Å². The van der Waals surface area contributed by atoms with Crippen LogP contribution in [0.2, 0.25) is 0 Å². The van der Waals surface area contributed by atoms with E-state index in [1.165, 1.54) is 11.1 Å². The Hall–Kier alpha value is -2.40. The first-order chi connectivity index (χ1) is 14.6. The third kappa shape index (κ3) is 6.30. The smallest absolute Gasteiger partial charge is 0.247 e. The van der Waals surface area contributed by atoms with Gasteiger partial charge in [0.1, 0.15) is 0 Å². The van der Waals surface area contributed by atoms with Crippen molar-refractivity contribution in [2.24, 2.45) is 0 Å². The highest BCUT2D eigenvalue weighted by Gasteiger charge is 2.34. The highest BCUT2D eigenvalue weighted by Crippen LogP contribution is 2.23. The Balaban J connectivity index is 1.78. The predicted octanol–water partition coefficient (Wildman–Crippen LogP) is 4.78. The lowest BCUT2D eigenvalue weighted by Crippen LogP contribution is -2.39. The standard InChI is InChI=1S/C26H33NO3S/c1-5-20-6-8-22(9-7-20)18-27(24-16-17-31(29,30)19-24)25(28)15-12-21-10-13-23(14-11-21)26(2,3)4/h6-15,24H,5,16-19H2,1-4H3. The number of rotatable bonds is 6. The molecule has 1 atom stereocenters. The van der Waals surface area contributed by atoms with Crippen molar-refractivity contribution >= 4 is 21.8 Å². The van der Waals surface area contributed by atoms with Crippen LogP contribution in [-0.2, 0) is 33.0 Å². The second-order valence-electron chi connectivity index (χ2n) is 9.40. The monoisotopic (exact) mass is 439 g/mol. The van der Waals surface area contributed by atoms with Crippen LogP contribution >= 0.6 is 0 Å². The molecule has 0 spiro atoms. The van der Waals surface area contributed by atoms with Crippen LogP contribution in [0.25, 0.3) is 6.08 Å². The molecule has 4 nitrogen and oxygen atoms in total. The summed E-state index contributed by atoms with van der Waals surface area (Å²) in [5, 5.41) is 0. The van der Waals surface area contributed by atoms with Crippen molar-refractivity contribution in [2.75, 3.05) is 11.5 Å². The van der Waals surface area contributed by atoms with Gasteiger partial charge in [-0.1, -0.05) is 76.2 Å². The Kier molecular flexibility index (Phi) is 7.05. The zero-order chi connectivity index (χ0) is 22.6. The van der Waals surface area contributed by atoms with E-state index >= 15 is 0 Å². The minimum atomic E-state index is -3.08. The number of sulfone groups is 1. The highest BCUT2D eigenvalue weighted by atomic mass is 32.2. The van der Waals surface area contributed by atoms with Gasteiger partial charge in [0, 0.05) is 18.7 Å². The van der Waals surface area contributed by atoms with E-state index in [0.717, 1.165) is 17.5 Å². The molecule has 1 saturated heterocycles. The molecule has 0 aliphatic carbocycles. The van der Waals surface area contributed by atoms with Gasteiger partial charge in [-0.15, -0.1) is 0 Å². The number of carbonyl (C=O) groups excluding carboxylic acids is 1. The van der Waals surface area contributed by atoms with Gasteiger partial charge in [-0.05, 0) is 46.6 Å². The lowest BCUT2D eigenvalue weighted by molar-refractivity contribution is -0.128. The number of hydrogen-bond donors (Lipinski definition) is 0. The third-order valence-corrected chi connectivity index (χ3v) is 7.66. The zero-order valence-corrected chi connectivity index (χ0v) is 19.8. The second kappa shape index (κ2) is 9.39. The zero-order valence-electron chi connectivity index (χ0n) is 19.0. The SMILES string of the molecule is CCc1ccc(CN(C(=O)C=Cc2ccc(C(C)(C)C)cc2)C2CCS(=O)(=O)C2)cc1. The van der Waals surface area contributed by atoms with Crippen LogP contribution in [0.1, 0.15) is 56.4 Å². The van der Waals surface area contributed by atoms with E-state index in [-0.39, 0.29) is 28.9 Å². The molecule has 0 radical (unpaired) electrons. The van der Waals surface area contributed by atoms with Gasteiger partial charge >= 0.3 is 0 Å². The van der Waals surface area contributed by atoms with E-state index in [0.29, 0.717) is 13.0 Å². The van der Waals surface area contributed by atoms with Crippen molar-refractivity contribution in [3.8, 4) is 0 Å². The molecule has 1 aliphatic heterocycles. The minimum Gasteiger partial charge on any atom is -0.331 e. The van der Waals surface area contributed by atoms with Gasteiger partial charge in [-0.2, -0.15) is 0 Å². The van der Waals surface area contributed by atoms with Crippen molar-refractivity contribution in [2.45, 2.75) is 58.5 Å². The fraction of sp³-hybridized carbons (Fsp3) is 0.423. The maximum absolute atomic E-state index is 13.1. The number of amides is 1. The minimum absolute atomic E-state index is 0.0416. The van der Waals surface area contributed by atoms with Crippen LogP contribution in [0.15, 0.2) is 54.6 Å². The fourth-order valence-corrected chi connectivity index (χ4v) is 5.57. The molecule has 0 saturated carbocycles. The maximum Gasteiger partial charge on any atom is 0.247 e. The normalized spacial score (nSPS) is 18.4. The summed E-state index contributed by atoms with van der Waals surface area (Å²) in [6, 6.07) is 16.1. The van der Waals surface area contributed by atoms with Crippen LogP contribution in [0.4, 0.5) is 0 Å². The van der Waals surface area contributed by atoms with Gasteiger partial charge in [0.15, 0.2) is 9.84 Å². The number of nitrogens with zero attached hydrogens (tertiary/aromatic N) is 1. The molecule has 2 aromatic rings. The molecule has 5 heteroatoms. The van der Waals surface area contributed by atoms with E-state index in [9.17, 15) is 13.2 Å². The third-order valence-electron chi connectivity index (χ3n) is 5.91. The van der Waals surface area contributed by atoms with Gasteiger partial charge in [0.25, 0.3) is 0 Å². The topological polar surface area (TPSA) is 54.5 Å². The first-order valence-corrected chi connectivity index (χ1v) is 12.8. The summed E-state index contributed by atoms with van der Waals surface area (Å²) in [6.07, 6.45) is 4.83. The molecule has 31 heavy (non-hydrogen) atoms. The molecule has 1 amide bonds. The molecule has 1 heterocycles. The summed E-state index contributed by atoms with van der Waals surface area (Å²) in [5.41, 5.74) is 4.52. The van der Waals surface area contributed by atoms with Gasteiger partial charge in [0.05, 0.1) is 11.5 Å². The number of aryl methyl sites for hydroxylation is 1. The van der Waals surface area contributed by atoms with Crippen molar-refractivity contribution in [3.05, 3.63) is 76.9 Å². The molecule has 0 bridgehead atoms. The second-order valence-corrected chi connectivity index (χ2v) is 11.6. The van der Waals surface area contributed by atoms with Crippen molar-refractivity contribution < 1.29 is 13.2 Å². The predicted molar refractivity (Wildman–Crippen MR) is 128 cm³/mol. The molecule has 0 aromatic heterocycles. The van der Waals surface area contributed by atoms with E-state index in [2.05, 4.69) is 52.0 Å². The molecule has 1 unspecified atom stereocenters. The van der Waals surface area contributed by atoms with Gasteiger partial charge in [-0.25, -0.2) is 8.42 Å². The molecule has 1 aliphatic rings. The molecule has 166 valence electrons. The van der Waals surface area contributed by atoms with Crippen LogP contribution in [0.5, 0.6) is 0 Å². The van der Waals surface area contributed by atoms with Crippen molar-refractivity contribution in [1.29, 1.82) is 0 Å². The molecule has 3 rings (SSSR count). The van der Waals surface area contributed by atoms with Crippen LogP contribution < -0.4 is 0 Å². The summed E-state index contributed by atoms with van der Waals surface area (Å²) in [4.78, 5) is 14.8. The molecule has 1 fully saturated rings. The summed E-state index contributed by atoms with van der Waals surface area (Å²) in [7, 11) is -3.08. The van der Waals surface area contributed by atoms with Crippen LogP contribution in [-0.4, -0.2) is 36.8 Å². The molecular formula is C26H33NO3S. The average molecular weight is 440 g/mol. The fourth-order valence-electron chi connectivity index (χ4n) is 3.84. The quantitative estimate of drug-likeness (QED) is 0.609. The number of benzene rings is 2. The Morgan fingerprint density at radius 1 is 1.03 bits per heavy atom. The van der Waals surface area contributed by atoms with Crippen molar-refractivity contribution in [3.63, 3.8) is 0 Å². The average Bonchev–Trinajstić information content (AvgIpc) is 3.09. The maximum atomic E-state index is 13.1. The van der Waals surface area contributed by atoms with E-state index < -0.39 is 9.84 Å². The number of hydrogen-bond acceptors (Lipinski definition) is 3. The lowest BCUT2D eigenvalue weighted by Gasteiger charge is -2.27. The van der Waals surface area contributed by atoms with E-state index in [1.807, 2.05) is 30.3 Å². The number of carbonyl (C=O) groups is 1. The Morgan fingerprint density at radius 2 is 1.65 bits per heavy atom. The van der Waals surface area contributed by atoms with Gasteiger partial charge in [-0.3, -0.25) is 4.79 Å². The van der Waals surface area contributed by atoms with Crippen LogP contribution in [0, 0.1) is 0 Å². The van der Waals surface area contributed by atoms with Crippen LogP contribution in [0.3, 0.4) is 0 Å². The lowest BCUT2D eigenvalue weighted by atomic mass is 9.87. The first kappa shape index (κ1) is 23.3. The Morgan fingerprint density at radius 3 is 2.16 bits per heavy atom. The molecule has 2 aromatic carbocycles. The molecular weight excluding hydrogens is 406 g/mol. The Labute approximate surface area is 186 Å².